The van der Waals surface area contributed by atoms with Crippen molar-refractivity contribution in [2.24, 2.45) is 0 Å². The summed E-state index contributed by atoms with van der Waals surface area (Å²) in [4.78, 5) is 13.9. The molecule has 0 saturated carbocycles. The Kier molecular flexibility index (Phi) is 5.67. The Labute approximate surface area is 176 Å². The summed E-state index contributed by atoms with van der Waals surface area (Å²) >= 11 is 0. The Balaban J connectivity index is 1.46. The van der Waals surface area contributed by atoms with Crippen LogP contribution in [0.25, 0.3) is 0 Å². The molecule has 0 unspecified atom stereocenters. The second kappa shape index (κ2) is 8.10. The lowest BCUT2D eigenvalue weighted by Gasteiger charge is -2.33. The van der Waals surface area contributed by atoms with Crippen LogP contribution in [0.1, 0.15) is 12.8 Å². The summed E-state index contributed by atoms with van der Waals surface area (Å²) in [5, 5.41) is 0. The standard InChI is InChI=1S/C20H23N3O5S2/c24-20-7-4-12-23(20)17-8-10-19(11-9-17)30(27,28)22-15-13-21(14-16-22)29(25,26)18-5-2-1-3-6-18/h1-3,5-6,8-11H,4,7,12-16H2. The largest absolute Gasteiger partial charge is 0.312 e. The van der Waals surface area contributed by atoms with Crippen LogP contribution in [0, 0.1) is 0 Å². The highest BCUT2D eigenvalue weighted by molar-refractivity contribution is 7.89. The van der Waals surface area contributed by atoms with Gasteiger partial charge in [-0.3, -0.25) is 4.79 Å². The quantitative estimate of drug-likeness (QED) is 0.690. The minimum Gasteiger partial charge on any atom is -0.312 e. The van der Waals surface area contributed by atoms with E-state index in [9.17, 15) is 21.6 Å². The van der Waals surface area contributed by atoms with Gasteiger partial charge in [-0.15, -0.1) is 0 Å². The molecule has 2 aromatic rings. The maximum absolute atomic E-state index is 13.0. The van der Waals surface area contributed by atoms with E-state index in [1.165, 1.54) is 32.9 Å². The molecule has 8 nitrogen and oxygen atoms in total. The van der Waals surface area contributed by atoms with Gasteiger partial charge in [0.1, 0.15) is 0 Å². The van der Waals surface area contributed by atoms with Crippen LogP contribution in [0.5, 0.6) is 0 Å². The van der Waals surface area contributed by atoms with Gasteiger partial charge in [0.05, 0.1) is 9.79 Å². The molecule has 0 radical (unpaired) electrons. The second-order valence-corrected chi connectivity index (χ2v) is 11.1. The van der Waals surface area contributed by atoms with Gasteiger partial charge in [-0.1, -0.05) is 18.2 Å². The van der Waals surface area contributed by atoms with Crippen molar-refractivity contribution in [2.45, 2.75) is 22.6 Å². The predicted molar refractivity (Wildman–Crippen MR) is 112 cm³/mol. The number of amides is 1. The van der Waals surface area contributed by atoms with Gasteiger partial charge >= 0.3 is 0 Å². The minimum absolute atomic E-state index is 0.0429. The average Bonchev–Trinajstić information content (AvgIpc) is 3.20. The summed E-state index contributed by atoms with van der Waals surface area (Å²) in [6, 6.07) is 14.4. The highest BCUT2D eigenvalue weighted by Gasteiger charge is 2.34. The molecule has 2 saturated heterocycles. The third-order valence-electron chi connectivity index (χ3n) is 5.44. The van der Waals surface area contributed by atoms with Crippen LogP contribution >= 0.6 is 0 Å². The van der Waals surface area contributed by atoms with Crippen molar-refractivity contribution < 1.29 is 21.6 Å². The summed E-state index contributed by atoms with van der Waals surface area (Å²) in [6.07, 6.45) is 1.31. The maximum Gasteiger partial charge on any atom is 0.243 e. The number of benzene rings is 2. The van der Waals surface area contributed by atoms with Crippen molar-refractivity contribution in [1.82, 2.24) is 8.61 Å². The van der Waals surface area contributed by atoms with Crippen LogP contribution < -0.4 is 4.90 Å². The number of sulfonamides is 2. The highest BCUT2D eigenvalue weighted by atomic mass is 32.2. The molecule has 2 aliphatic rings. The fourth-order valence-corrected chi connectivity index (χ4v) is 6.63. The number of carbonyl (C=O) groups is 1. The summed E-state index contributed by atoms with van der Waals surface area (Å²) in [5.41, 5.74) is 0.690. The molecule has 2 aromatic carbocycles. The molecule has 160 valence electrons. The molecule has 0 aliphatic carbocycles. The van der Waals surface area contributed by atoms with E-state index in [-0.39, 0.29) is 41.9 Å². The molecule has 4 rings (SSSR count). The van der Waals surface area contributed by atoms with Crippen molar-refractivity contribution in [3.05, 3.63) is 54.6 Å². The van der Waals surface area contributed by atoms with Gasteiger partial charge in [0, 0.05) is 44.8 Å². The third-order valence-corrected chi connectivity index (χ3v) is 9.26. The molecule has 2 heterocycles. The number of nitrogens with zero attached hydrogens (tertiary/aromatic N) is 3. The van der Waals surface area contributed by atoms with Gasteiger partial charge < -0.3 is 4.90 Å². The molecular weight excluding hydrogens is 426 g/mol. The number of hydrogen-bond donors (Lipinski definition) is 0. The van der Waals surface area contributed by atoms with Gasteiger partial charge in [-0.2, -0.15) is 8.61 Å². The van der Waals surface area contributed by atoms with E-state index >= 15 is 0 Å². The fraction of sp³-hybridized carbons (Fsp3) is 0.350. The fourth-order valence-electron chi connectivity index (χ4n) is 3.76. The highest BCUT2D eigenvalue weighted by Crippen LogP contribution is 2.25. The van der Waals surface area contributed by atoms with E-state index in [1.54, 1.807) is 35.2 Å². The van der Waals surface area contributed by atoms with Crippen LogP contribution in [0.15, 0.2) is 64.4 Å². The second-order valence-electron chi connectivity index (χ2n) is 7.26. The molecule has 30 heavy (non-hydrogen) atoms. The number of piperazine rings is 1. The van der Waals surface area contributed by atoms with Crippen molar-refractivity contribution in [2.75, 3.05) is 37.6 Å². The molecule has 1 amide bonds. The number of carbonyl (C=O) groups excluding carboxylic acids is 1. The van der Waals surface area contributed by atoms with Crippen LogP contribution in [-0.2, 0) is 24.8 Å². The molecule has 0 bridgehead atoms. The lowest BCUT2D eigenvalue weighted by atomic mass is 10.3. The smallest absolute Gasteiger partial charge is 0.243 e. The Morgan fingerprint density at radius 2 is 1.13 bits per heavy atom. The molecule has 0 spiro atoms. The van der Waals surface area contributed by atoms with Crippen molar-refractivity contribution in [3.8, 4) is 0 Å². The van der Waals surface area contributed by atoms with Crippen molar-refractivity contribution >= 4 is 31.6 Å². The zero-order valence-electron chi connectivity index (χ0n) is 16.3. The molecular formula is C20H23N3O5S2. The van der Waals surface area contributed by atoms with E-state index in [1.807, 2.05) is 0 Å². The average molecular weight is 450 g/mol. The number of anilines is 1. The van der Waals surface area contributed by atoms with Crippen LogP contribution in [0.4, 0.5) is 5.69 Å². The lowest BCUT2D eigenvalue weighted by Crippen LogP contribution is -2.50. The van der Waals surface area contributed by atoms with E-state index < -0.39 is 20.0 Å². The first-order chi connectivity index (χ1) is 14.3. The maximum atomic E-state index is 13.0. The molecule has 0 atom stereocenters. The zero-order valence-corrected chi connectivity index (χ0v) is 18.0. The summed E-state index contributed by atoms with van der Waals surface area (Å²) in [7, 11) is -7.38. The zero-order chi connectivity index (χ0) is 21.4. The number of hydrogen-bond acceptors (Lipinski definition) is 5. The minimum atomic E-state index is -3.74. The Hall–Kier alpha value is -2.27. The van der Waals surface area contributed by atoms with Gasteiger partial charge in [0.2, 0.25) is 26.0 Å². The van der Waals surface area contributed by atoms with E-state index in [0.717, 1.165) is 6.42 Å². The molecule has 2 fully saturated rings. The van der Waals surface area contributed by atoms with Crippen LogP contribution in [0.2, 0.25) is 0 Å². The van der Waals surface area contributed by atoms with Gasteiger partial charge in [-0.25, -0.2) is 16.8 Å². The van der Waals surface area contributed by atoms with E-state index in [0.29, 0.717) is 18.7 Å². The van der Waals surface area contributed by atoms with Crippen molar-refractivity contribution in [1.29, 1.82) is 0 Å². The van der Waals surface area contributed by atoms with Gasteiger partial charge in [0.25, 0.3) is 0 Å². The topological polar surface area (TPSA) is 95.1 Å². The first-order valence-electron chi connectivity index (χ1n) is 9.76. The Morgan fingerprint density at radius 1 is 0.633 bits per heavy atom. The molecule has 0 N–H and O–H groups in total. The van der Waals surface area contributed by atoms with E-state index in [4.69, 9.17) is 0 Å². The monoisotopic (exact) mass is 449 g/mol. The third kappa shape index (κ3) is 3.87. The summed E-state index contributed by atoms with van der Waals surface area (Å²) in [6.45, 7) is 0.998. The van der Waals surface area contributed by atoms with Gasteiger partial charge in [0.15, 0.2) is 0 Å². The molecule has 0 aromatic heterocycles. The first-order valence-corrected chi connectivity index (χ1v) is 12.6. The van der Waals surface area contributed by atoms with Crippen LogP contribution in [0.3, 0.4) is 0 Å². The predicted octanol–water partition coefficient (Wildman–Crippen LogP) is 1.51. The molecule has 2 aliphatic heterocycles. The first kappa shape index (κ1) is 21.0. The number of rotatable bonds is 5. The Morgan fingerprint density at radius 3 is 1.60 bits per heavy atom. The SMILES string of the molecule is O=C1CCCN1c1ccc(S(=O)(=O)N2CCN(S(=O)(=O)c3ccccc3)CC2)cc1. The van der Waals surface area contributed by atoms with E-state index in [2.05, 4.69) is 0 Å². The molecule has 10 heteroatoms. The van der Waals surface area contributed by atoms with Gasteiger partial charge in [-0.05, 0) is 42.8 Å². The van der Waals surface area contributed by atoms with Crippen molar-refractivity contribution in [3.63, 3.8) is 0 Å². The Bertz CT molecular complexity index is 1120. The lowest BCUT2D eigenvalue weighted by molar-refractivity contribution is -0.117. The summed E-state index contributed by atoms with van der Waals surface area (Å²) in [5.74, 6) is 0.0429. The summed E-state index contributed by atoms with van der Waals surface area (Å²) < 4.78 is 54.1. The normalized spacial score (nSPS) is 19.3. The van der Waals surface area contributed by atoms with Crippen LogP contribution in [-0.4, -0.2) is 64.1 Å².